The molecule has 2 fully saturated rings. The highest BCUT2D eigenvalue weighted by Crippen LogP contribution is 2.35. The molecule has 9 nitrogen and oxygen atoms in total. The fourth-order valence-corrected chi connectivity index (χ4v) is 5.02. The predicted molar refractivity (Wildman–Crippen MR) is 133 cm³/mol. The van der Waals surface area contributed by atoms with E-state index >= 15 is 0 Å². The number of Topliss-reactive ketones (excluding diaryl/α,β-unsaturated/α-hetero) is 1. The quantitative estimate of drug-likeness (QED) is 0.470. The summed E-state index contributed by atoms with van der Waals surface area (Å²) in [7, 11) is 1.55. The molecule has 1 N–H and O–H groups in total. The molecule has 35 heavy (non-hydrogen) atoms. The van der Waals surface area contributed by atoms with E-state index in [1.54, 1.807) is 31.4 Å². The van der Waals surface area contributed by atoms with Gasteiger partial charge in [0.25, 0.3) is 5.91 Å². The van der Waals surface area contributed by atoms with Crippen LogP contribution in [0, 0.1) is 5.41 Å². The van der Waals surface area contributed by atoms with Crippen LogP contribution in [0.15, 0.2) is 40.6 Å². The summed E-state index contributed by atoms with van der Waals surface area (Å²) in [6, 6.07) is 6.56. The second kappa shape index (κ2) is 10.3. The van der Waals surface area contributed by atoms with Gasteiger partial charge in [-0.05, 0) is 17.5 Å². The maximum Gasteiger partial charge on any atom is 0.251 e. The first kappa shape index (κ1) is 25.1. The van der Waals surface area contributed by atoms with E-state index in [9.17, 15) is 19.5 Å². The molecule has 0 spiro atoms. The lowest BCUT2D eigenvalue weighted by Gasteiger charge is -2.36. The summed E-state index contributed by atoms with van der Waals surface area (Å²) in [5.41, 5.74) is 0.660. The van der Waals surface area contributed by atoms with Gasteiger partial charge < -0.3 is 9.84 Å². The molecule has 1 atom stereocenters. The van der Waals surface area contributed by atoms with Crippen molar-refractivity contribution in [2.45, 2.75) is 39.2 Å². The number of ether oxygens (including phenoxy) is 1. The number of rotatable bonds is 7. The minimum atomic E-state index is -0.439. The van der Waals surface area contributed by atoms with Gasteiger partial charge in [0.05, 0.1) is 37.4 Å². The van der Waals surface area contributed by atoms with Crippen LogP contribution in [-0.2, 0) is 14.4 Å². The summed E-state index contributed by atoms with van der Waals surface area (Å²) >= 11 is 0. The number of hydrogen-bond acceptors (Lipinski definition) is 8. The standard InChI is InChI=1S/C26H34N4O5/c1-26(2)15-22(31)20(23(32)16-26)17-27-7-8-28-9-11-29(12-10-28)21-14-24(33)30(25(21)34)18-5-4-6-19(13-18)35-3/h4-6,13,17,21,31H,7-12,14-16H2,1-3H3/t21-/m0/s1. The fourth-order valence-electron chi connectivity index (χ4n) is 5.02. The van der Waals surface area contributed by atoms with Crippen LogP contribution in [0.3, 0.4) is 0 Å². The number of imide groups is 1. The van der Waals surface area contributed by atoms with E-state index in [0.29, 0.717) is 49.5 Å². The Hall–Kier alpha value is -3.04. The van der Waals surface area contributed by atoms with Gasteiger partial charge in [-0.15, -0.1) is 0 Å². The van der Waals surface area contributed by atoms with E-state index in [-0.39, 0.29) is 35.2 Å². The molecular weight excluding hydrogens is 448 g/mol. The first-order chi connectivity index (χ1) is 16.7. The van der Waals surface area contributed by atoms with Crippen molar-refractivity contribution in [1.29, 1.82) is 0 Å². The van der Waals surface area contributed by atoms with Gasteiger partial charge in [-0.25, -0.2) is 4.90 Å². The third kappa shape index (κ3) is 5.62. The Labute approximate surface area is 206 Å². The van der Waals surface area contributed by atoms with Crippen molar-refractivity contribution >= 4 is 29.5 Å². The molecular formula is C26H34N4O5. The third-order valence-corrected chi connectivity index (χ3v) is 6.94. The zero-order valence-corrected chi connectivity index (χ0v) is 20.7. The molecule has 0 radical (unpaired) electrons. The van der Waals surface area contributed by atoms with E-state index in [1.165, 1.54) is 11.1 Å². The zero-order valence-electron chi connectivity index (χ0n) is 20.7. The molecule has 0 aromatic heterocycles. The van der Waals surface area contributed by atoms with Crippen molar-refractivity contribution in [2.75, 3.05) is 51.3 Å². The van der Waals surface area contributed by atoms with Gasteiger partial charge in [0.15, 0.2) is 5.78 Å². The molecule has 2 aliphatic heterocycles. The molecule has 3 aliphatic rings. The monoisotopic (exact) mass is 482 g/mol. The summed E-state index contributed by atoms with van der Waals surface area (Å²) < 4.78 is 5.23. The van der Waals surface area contributed by atoms with Gasteiger partial charge in [0.2, 0.25) is 5.91 Å². The Morgan fingerprint density at radius 1 is 1.14 bits per heavy atom. The number of hydrogen-bond donors (Lipinski definition) is 1. The number of allylic oxidation sites excluding steroid dienone is 2. The number of nitrogens with zero attached hydrogens (tertiary/aromatic N) is 4. The van der Waals surface area contributed by atoms with Crippen LogP contribution in [0.1, 0.15) is 33.1 Å². The molecule has 1 aromatic rings. The number of aliphatic hydroxyl groups excluding tert-OH is 1. The van der Waals surface area contributed by atoms with E-state index in [4.69, 9.17) is 4.74 Å². The highest BCUT2D eigenvalue weighted by molar-refractivity contribution is 6.22. The first-order valence-electron chi connectivity index (χ1n) is 12.1. The number of aliphatic imine (C=N–C) groups is 1. The number of amides is 2. The third-order valence-electron chi connectivity index (χ3n) is 6.94. The van der Waals surface area contributed by atoms with Crippen LogP contribution in [0.25, 0.3) is 0 Å². The average Bonchev–Trinajstić information content (AvgIpc) is 3.11. The van der Waals surface area contributed by atoms with Gasteiger partial charge >= 0.3 is 0 Å². The first-order valence-corrected chi connectivity index (χ1v) is 12.1. The normalized spacial score (nSPS) is 24.1. The number of piperazine rings is 1. The molecule has 4 rings (SSSR count). The lowest BCUT2D eigenvalue weighted by molar-refractivity contribution is -0.123. The Morgan fingerprint density at radius 2 is 1.89 bits per heavy atom. The molecule has 9 heteroatoms. The topological polar surface area (TPSA) is 103 Å². The summed E-state index contributed by atoms with van der Waals surface area (Å²) in [6.07, 6.45) is 2.60. The molecule has 2 amide bonds. The lowest BCUT2D eigenvalue weighted by Crippen LogP contribution is -2.52. The molecule has 188 valence electrons. The minimum Gasteiger partial charge on any atom is -0.511 e. The van der Waals surface area contributed by atoms with Crippen molar-refractivity contribution in [2.24, 2.45) is 10.4 Å². The predicted octanol–water partition coefficient (Wildman–Crippen LogP) is 2.22. The number of ketones is 1. The van der Waals surface area contributed by atoms with Gasteiger partial charge in [-0.1, -0.05) is 19.9 Å². The van der Waals surface area contributed by atoms with Crippen molar-refractivity contribution in [3.63, 3.8) is 0 Å². The van der Waals surface area contributed by atoms with Crippen molar-refractivity contribution < 1.29 is 24.2 Å². The SMILES string of the molecule is COc1cccc(N2C(=O)C[C@H](N3CCN(CCN=CC4=C(O)CC(C)(C)CC4=O)CC3)C2=O)c1. The van der Waals surface area contributed by atoms with Crippen LogP contribution < -0.4 is 9.64 Å². The number of anilines is 1. The summed E-state index contributed by atoms with van der Waals surface area (Å²) in [5, 5.41) is 10.2. The van der Waals surface area contributed by atoms with Crippen LogP contribution in [0.2, 0.25) is 0 Å². The molecule has 2 heterocycles. The summed E-state index contributed by atoms with van der Waals surface area (Å²) in [4.78, 5) is 48.0. The average molecular weight is 483 g/mol. The van der Waals surface area contributed by atoms with Crippen LogP contribution in [0.4, 0.5) is 5.69 Å². The van der Waals surface area contributed by atoms with Crippen molar-refractivity contribution in [1.82, 2.24) is 9.80 Å². The van der Waals surface area contributed by atoms with Gasteiger partial charge in [-0.3, -0.25) is 29.2 Å². The smallest absolute Gasteiger partial charge is 0.251 e. The number of aliphatic hydroxyl groups is 1. The Bertz CT molecular complexity index is 1060. The fraction of sp³-hybridized carbons (Fsp3) is 0.538. The van der Waals surface area contributed by atoms with E-state index in [0.717, 1.165) is 19.6 Å². The molecule has 2 saturated heterocycles. The number of carbonyl (C=O) groups excluding carboxylic acids is 3. The second-order valence-corrected chi connectivity index (χ2v) is 10.2. The summed E-state index contributed by atoms with van der Waals surface area (Å²) in [5.74, 6) is 0.293. The summed E-state index contributed by atoms with van der Waals surface area (Å²) in [6.45, 7) is 8.13. The van der Waals surface area contributed by atoms with Crippen molar-refractivity contribution in [3.05, 3.63) is 35.6 Å². The van der Waals surface area contributed by atoms with Crippen LogP contribution in [0.5, 0.6) is 5.75 Å². The van der Waals surface area contributed by atoms with E-state index in [1.807, 2.05) is 13.8 Å². The largest absolute Gasteiger partial charge is 0.511 e. The zero-order chi connectivity index (χ0) is 25.2. The molecule has 0 bridgehead atoms. The molecule has 1 aromatic carbocycles. The number of carbonyl (C=O) groups is 3. The Kier molecular flexibility index (Phi) is 7.37. The van der Waals surface area contributed by atoms with Gasteiger partial charge in [-0.2, -0.15) is 0 Å². The molecule has 0 saturated carbocycles. The lowest BCUT2D eigenvalue weighted by atomic mass is 9.77. The van der Waals surface area contributed by atoms with Crippen molar-refractivity contribution in [3.8, 4) is 5.75 Å². The molecule has 0 unspecified atom stereocenters. The number of methoxy groups -OCH3 is 1. The van der Waals surface area contributed by atoms with Gasteiger partial charge in [0.1, 0.15) is 11.5 Å². The van der Waals surface area contributed by atoms with E-state index in [2.05, 4.69) is 14.8 Å². The highest BCUT2D eigenvalue weighted by Gasteiger charge is 2.43. The Morgan fingerprint density at radius 3 is 2.57 bits per heavy atom. The Balaban J connectivity index is 1.27. The molecule has 1 aliphatic carbocycles. The van der Waals surface area contributed by atoms with Crippen LogP contribution >= 0.6 is 0 Å². The van der Waals surface area contributed by atoms with Gasteiger partial charge in [0, 0.05) is 57.8 Å². The van der Waals surface area contributed by atoms with Crippen LogP contribution in [-0.4, -0.2) is 91.1 Å². The number of benzene rings is 1. The second-order valence-electron chi connectivity index (χ2n) is 10.2. The van der Waals surface area contributed by atoms with E-state index < -0.39 is 6.04 Å². The maximum atomic E-state index is 13.1. The minimum absolute atomic E-state index is 0.0603. The maximum absolute atomic E-state index is 13.1. The highest BCUT2D eigenvalue weighted by atomic mass is 16.5.